The number of carbonyl (C=O) groups is 1. The molecule has 3 aromatic carbocycles. The molecule has 0 bridgehead atoms. The zero-order valence-corrected chi connectivity index (χ0v) is 20.1. The van der Waals surface area contributed by atoms with E-state index < -0.39 is 29.7 Å². The Balaban J connectivity index is 1.52. The number of rotatable bonds is 7. The number of hydrogen-bond acceptors (Lipinski definition) is 5. The molecule has 2 atom stereocenters. The van der Waals surface area contributed by atoms with Gasteiger partial charge in [-0.15, -0.1) is 0 Å². The molecule has 0 spiro atoms. The molecule has 8 heteroatoms. The minimum absolute atomic E-state index is 0.0449. The maximum absolute atomic E-state index is 13.2. The zero-order valence-electron chi connectivity index (χ0n) is 20.1. The number of nitriles is 1. The molecular formula is C29H23F3N2O3. The molecule has 0 fully saturated rings. The molecule has 0 aliphatic carbocycles. The number of benzene rings is 3. The average molecular weight is 505 g/mol. The predicted octanol–water partition coefficient (Wildman–Crippen LogP) is 7.59. The number of halogens is 3. The molecule has 1 heterocycles. The molecule has 0 amide bonds. The monoisotopic (exact) mass is 504 g/mol. The molecule has 0 N–H and O–H groups in total. The van der Waals surface area contributed by atoms with Crippen molar-refractivity contribution in [3.63, 3.8) is 0 Å². The van der Waals surface area contributed by atoms with Crippen molar-refractivity contribution in [1.29, 1.82) is 5.26 Å². The molecule has 37 heavy (non-hydrogen) atoms. The average Bonchev–Trinajstić information content (AvgIpc) is 2.87. The molecule has 0 aliphatic heterocycles. The molecule has 188 valence electrons. The molecule has 0 aliphatic rings. The van der Waals surface area contributed by atoms with E-state index in [0.717, 1.165) is 28.5 Å². The van der Waals surface area contributed by atoms with Gasteiger partial charge >= 0.3 is 12.1 Å². The summed E-state index contributed by atoms with van der Waals surface area (Å²) in [6.45, 7) is 3.80. The highest BCUT2D eigenvalue weighted by Crippen LogP contribution is 2.33. The first-order valence-corrected chi connectivity index (χ1v) is 11.6. The molecule has 1 aromatic heterocycles. The molecule has 0 saturated heterocycles. The fourth-order valence-electron chi connectivity index (χ4n) is 4.00. The van der Waals surface area contributed by atoms with Crippen molar-refractivity contribution in [3.8, 4) is 17.7 Å². The van der Waals surface area contributed by atoms with Crippen LogP contribution in [0.1, 0.15) is 42.7 Å². The van der Waals surface area contributed by atoms with Crippen molar-refractivity contribution in [2.24, 2.45) is 5.92 Å². The van der Waals surface area contributed by atoms with Gasteiger partial charge in [-0.3, -0.25) is 4.79 Å². The smallest absolute Gasteiger partial charge is 0.416 e. The Bertz CT molecular complexity index is 1440. The highest BCUT2D eigenvalue weighted by molar-refractivity contribution is 5.86. The van der Waals surface area contributed by atoms with Gasteiger partial charge in [-0.05, 0) is 52.6 Å². The maximum atomic E-state index is 13.2. The minimum atomic E-state index is -4.46. The van der Waals surface area contributed by atoms with E-state index in [2.05, 4.69) is 4.98 Å². The third kappa shape index (κ3) is 6.07. The van der Waals surface area contributed by atoms with Gasteiger partial charge in [0, 0.05) is 6.07 Å². The number of aromatic nitrogens is 1. The Morgan fingerprint density at radius 2 is 1.62 bits per heavy atom. The van der Waals surface area contributed by atoms with Crippen molar-refractivity contribution in [3.05, 3.63) is 102 Å². The third-order valence-corrected chi connectivity index (χ3v) is 5.82. The molecule has 5 nitrogen and oxygen atoms in total. The highest BCUT2D eigenvalue weighted by atomic mass is 19.4. The van der Waals surface area contributed by atoms with Gasteiger partial charge in [0.05, 0.1) is 17.2 Å². The predicted molar refractivity (Wildman–Crippen MR) is 132 cm³/mol. The fraction of sp³-hybridized carbons (Fsp3) is 0.207. The number of nitrogens with zero attached hydrogens (tertiary/aromatic N) is 2. The SMILES string of the molecule is CC(C)C(C(=O)OC(C#N)c1cccc(Oc2ccc(C(F)(F)F)cc2)n1)c1ccc2ccccc2c1. The number of pyridine rings is 1. The second-order valence-corrected chi connectivity index (χ2v) is 8.80. The van der Waals surface area contributed by atoms with Crippen LogP contribution in [0.3, 0.4) is 0 Å². The van der Waals surface area contributed by atoms with E-state index in [4.69, 9.17) is 9.47 Å². The second-order valence-electron chi connectivity index (χ2n) is 8.80. The Labute approximate surface area is 212 Å². The summed E-state index contributed by atoms with van der Waals surface area (Å²) in [5.74, 6) is -1.09. The van der Waals surface area contributed by atoms with Gasteiger partial charge in [-0.2, -0.15) is 18.4 Å². The Morgan fingerprint density at radius 3 is 2.27 bits per heavy atom. The first kappa shape index (κ1) is 25.7. The van der Waals surface area contributed by atoms with Crippen LogP contribution in [0.2, 0.25) is 0 Å². The van der Waals surface area contributed by atoms with Crippen LogP contribution >= 0.6 is 0 Å². The minimum Gasteiger partial charge on any atom is -0.440 e. The summed E-state index contributed by atoms with van der Waals surface area (Å²) in [7, 11) is 0. The number of carbonyl (C=O) groups excluding carboxylic acids is 1. The fourth-order valence-corrected chi connectivity index (χ4v) is 4.00. The number of ether oxygens (including phenoxy) is 2. The maximum Gasteiger partial charge on any atom is 0.416 e. The Hall–Kier alpha value is -4.38. The van der Waals surface area contributed by atoms with Crippen LogP contribution in [0.25, 0.3) is 10.8 Å². The van der Waals surface area contributed by atoms with Crippen LogP contribution in [-0.4, -0.2) is 11.0 Å². The van der Waals surface area contributed by atoms with Gasteiger partial charge in [-0.25, -0.2) is 4.98 Å². The lowest BCUT2D eigenvalue weighted by Crippen LogP contribution is -2.23. The van der Waals surface area contributed by atoms with E-state index in [1.54, 1.807) is 6.07 Å². The van der Waals surface area contributed by atoms with E-state index in [1.165, 1.54) is 24.3 Å². The van der Waals surface area contributed by atoms with Gasteiger partial charge < -0.3 is 9.47 Å². The van der Waals surface area contributed by atoms with Gasteiger partial charge in [0.2, 0.25) is 12.0 Å². The van der Waals surface area contributed by atoms with E-state index in [-0.39, 0.29) is 23.2 Å². The lowest BCUT2D eigenvalue weighted by Gasteiger charge is -2.22. The topological polar surface area (TPSA) is 72.2 Å². The quantitative estimate of drug-likeness (QED) is 0.242. The normalized spacial score (nSPS) is 13.1. The van der Waals surface area contributed by atoms with Crippen molar-refractivity contribution in [2.75, 3.05) is 0 Å². The number of hydrogen-bond donors (Lipinski definition) is 0. The summed E-state index contributed by atoms with van der Waals surface area (Å²) in [4.78, 5) is 17.5. The molecule has 4 aromatic rings. The summed E-state index contributed by atoms with van der Waals surface area (Å²) in [5, 5.41) is 11.8. The molecular weight excluding hydrogens is 481 g/mol. The van der Waals surface area contributed by atoms with Crippen LogP contribution in [0.5, 0.6) is 11.6 Å². The van der Waals surface area contributed by atoms with Crippen LogP contribution in [-0.2, 0) is 15.7 Å². The molecule has 4 rings (SSSR count). The summed E-state index contributed by atoms with van der Waals surface area (Å²) < 4.78 is 49.5. The number of esters is 1. The van der Waals surface area contributed by atoms with E-state index in [0.29, 0.717) is 0 Å². The van der Waals surface area contributed by atoms with Gasteiger partial charge in [0.15, 0.2) is 0 Å². The number of fused-ring (bicyclic) bond motifs is 1. The van der Waals surface area contributed by atoms with E-state index in [1.807, 2.05) is 62.4 Å². The van der Waals surface area contributed by atoms with Gasteiger partial charge in [-0.1, -0.05) is 62.4 Å². The first-order chi connectivity index (χ1) is 17.7. The summed E-state index contributed by atoms with van der Waals surface area (Å²) in [5.41, 5.74) is 0.119. The summed E-state index contributed by atoms with van der Waals surface area (Å²) >= 11 is 0. The molecule has 2 unspecified atom stereocenters. The van der Waals surface area contributed by atoms with Crippen LogP contribution in [0, 0.1) is 17.2 Å². The lowest BCUT2D eigenvalue weighted by molar-refractivity contribution is -0.150. The zero-order chi connectivity index (χ0) is 26.6. The van der Waals surface area contributed by atoms with Crippen molar-refractivity contribution < 1.29 is 27.4 Å². The number of alkyl halides is 3. The first-order valence-electron chi connectivity index (χ1n) is 11.6. The molecule has 0 radical (unpaired) electrons. The van der Waals surface area contributed by atoms with Crippen molar-refractivity contribution in [2.45, 2.75) is 32.0 Å². The van der Waals surface area contributed by atoms with Crippen molar-refractivity contribution >= 4 is 16.7 Å². The molecule has 0 saturated carbocycles. The van der Waals surface area contributed by atoms with Crippen molar-refractivity contribution in [1.82, 2.24) is 4.98 Å². The summed E-state index contributed by atoms with van der Waals surface area (Å²) in [6.07, 6.45) is -5.76. The van der Waals surface area contributed by atoms with Crippen LogP contribution in [0.4, 0.5) is 13.2 Å². The Morgan fingerprint density at radius 1 is 0.919 bits per heavy atom. The largest absolute Gasteiger partial charge is 0.440 e. The standard InChI is InChI=1S/C29H23F3N2O3/c1-18(2)27(21-11-10-19-6-3-4-7-20(19)16-21)28(35)37-25(17-33)24-8-5-9-26(34-24)36-23-14-12-22(13-15-23)29(30,31)32/h3-16,18,25,27H,1-2H3. The third-order valence-electron chi connectivity index (χ3n) is 5.82. The van der Waals surface area contributed by atoms with Gasteiger partial charge in [0.1, 0.15) is 11.8 Å². The highest BCUT2D eigenvalue weighted by Gasteiger charge is 2.31. The lowest BCUT2D eigenvalue weighted by atomic mass is 9.87. The second kappa shape index (κ2) is 10.7. The summed E-state index contributed by atoms with van der Waals surface area (Å²) in [6, 6.07) is 24.3. The van der Waals surface area contributed by atoms with Crippen LogP contribution < -0.4 is 4.74 Å². The van der Waals surface area contributed by atoms with E-state index in [9.17, 15) is 23.2 Å². The Kier molecular flexibility index (Phi) is 7.44. The van der Waals surface area contributed by atoms with Gasteiger partial charge in [0.25, 0.3) is 0 Å². The van der Waals surface area contributed by atoms with E-state index >= 15 is 0 Å². The van der Waals surface area contributed by atoms with Crippen LogP contribution in [0.15, 0.2) is 84.9 Å².